The molecule has 0 spiro atoms. The molecule has 2 aliphatic carbocycles. The second-order valence-corrected chi connectivity index (χ2v) is 28.1. The molecule has 1 heterocycles. The van der Waals surface area contributed by atoms with Crippen molar-refractivity contribution in [3.05, 3.63) is 172 Å². The van der Waals surface area contributed by atoms with Crippen LogP contribution < -0.4 is 13.6 Å². The van der Waals surface area contributed by atoms with Crippen molar-refractivity contribution in [1.82, 2.24) is 0 Å². The molecule has 0 N–H and O–H groups in total. The van der Waals surface area contributed by atoms with E-state index in [4.69, 9.17) is 0 Å². The van der Waals surface area contributed by atoms with Gasteiger partial charge in [0.2, 0.25) is 0 Å². The summed E-state index contributed by atoms with van der Waals surface area (Å²) in [6, 6.07) is 50.3. The number of unbranched alkanes of at least 4 members (excludes halogenated alkanes) is 2. The van der Waals surface area contributed by atoms with Gasteiger partial charge in [0.15, 0.2) is 0 Å². The minimum absolute atomic E-state index is 0.0487. The molecule has 0 radical (unpaired) electrons. The van der Waals surface area contributed by atoms with Crippen LogP contribution in [0.2, 0.25) is 0 Å². The van der Waals surface area contributed by atoms with Gasteiger partial charge in [-0.2, -0.15) is 0 Å². The molecule has 3 aliphatic rings. The predicted molar refractivity (Wildman–Crippen MR) is 261 cm³/mol. The van der Waals surface area contributed by atoms with E-state index >= 15 is 0 Å². The molecule has 0 saturated carbocycles. The molecule has 303 valence electrons. The molecule has 0 saturated heterocycles. The summed E-state index contributed by atoms with van der Waals surface area (Å²) in [7, 11) is -0.634. The van der Waals surface area contributed by atoms with Crippen molar-refractivity contribution < 1.29 is 21.8 Å². The van der Waals surface area contributed by atoms with Gasteiger partial charge in [-0.1, -0.05) is 0 Å². The number of allylic oxidation sites excluding steroid dienone is 2. The predicted octanol–water partition coefficient (Wildman–Crippen LogP) is 13.6. The van der Waals surface area contributed by atoms with Gasteiger partial charge in [-0.3, -0.25) is 0 Å². The van der Waals surface area contributed by atoms with E-state index in [-0.39, 0.29) is 10.8 Å². The fraction of sp³-hybridized carbons (Fsp3) is 0.310. The van der Waals surface area contributed by atoms with Crippen LogP contribution in [0.1, 0.15) is 135 Å². The molecule has 2 heteroatoms. The Hall–Kier alpha value is -4.10. The SMILES string of the molecule is CCCCC1=Cc2c(-c3ccccc3C(C)(C)C)cccc2[CH]1[Zr]([c]1cccc2c1[SiH2]c1ccccc1-2)[CH]1C(CCCC)=Cc2c(-c3ccccc3C(C)(C)C)cccc21. The summed E-state index contributed by atoms with van der Waals surface area (Å²) in [6.07, 6.45) is 12.7. The van der Waals surface area contributed by atoms with Gasteiger partial charge in [0, 0.05) is 0 Å². The number of hydrogen-bond acceptors (Lipinski definition) is 0. The summed E-state index contributed by atoms with van der Waals surface area (Å²) >= 11 is -2.91. The van der Waals surface area contributed by atoms with Crippen molar-refractivity contribution in [2.75, 3.05) is 0 Å². The Bertz CT molecular complexity index is 2510. The van der Waals surface area contributed by atoms with Crippen molar-refractivity contribution >= 4 is 35.3 Å². The first-order valence-corrected chi connectivity index (χ1v) is 28.4. The van der Waals surface area contributed by atoms with Gasteiger partial charge >= 0.3 is 374 Å². The van der Waals surface area contributed by atoms with Crippen molar-refractivity contribution in [1.29, 1.82) is 0 Å². The molecular weight excluding hydrogens is 816 g/mol. The maximum absolute atomic E-state index is 2.91. The Morgan fingerprint density at radius 1 is 0.467 bits per heavy atom. The van der Waals surface area contributed by atoms with Crippen LogP contribution in [-0.2, 0) is 32.6 Å². The van der Waals surface area contributed by atoms with Gasteiger partial charge < -0.3 is 0 Å². The summed E-state index contributed by atoms with van der Waals surface area (Å²) in [6.45, 7) is 19.0. The first kappa shape index (κ1) is 41.3. The van der Waals surface area contributed by atoms with Crippen molar-refractivity contribution in [2.24, 2.45) is 0 Å². The van der Waals surface area contributed by atoms with E-state index in [2.05, 4.69) is 195 Å². The van der Waals surface area contributed by atoms with Crippen LogP contribution in [0.3, 0.4) is 0 Å². The van der Waals surface area contributed by atoms with E-state index in [1.807, 2.05) is 0 Å². The molecule has 9 rings (SSSR count). The van der Waals surface area contributed by atoms with Gasteiger partial charge in [0.25, 0.3) is 0 Å². The number of rotatable bonds is 11. The molecule has 0 amide bonds. The van der Waals surface area contributed by atoms with Crippen LogP contribution in [-0.4, -0.2) is 9.52 Å². The van der Waals surface area contributed by atoms with Crippen molar-refractivity contribution in [3.63, 3.8) is 0 Å². The van der Waals surface area contributed by atoms with Gasteiger partial charge in [-0.15, -0.1) is 0 Å². The van der Waals surface area contributed by atoms with Gasteiger partial charge in [-0.05, 0) is 0 Å². The Morgan fingerprint density at radius 2 is 0.900 bits per heavy atom. The van der Waals surface area contributed by atoms with Gasteiger partial charge in [0.1, 0.15) is 0 Å². The first-order chi connectivity index (χ1) is 29.0. The topological polar surface area (TPSA) is 0 Å². The summed E-state index contributed by atoms with van der Waals surface area (Å²) < 4.78 is 2.76. The number of benzene rings is 6. The number of hydrogen-bond donors (Lipinski definition) is 0. The molecule has 2 unspecified atom stereocenters. The average Bonchev–Trinajstić information content (AvgIpc) is 3.93. The Balaban J connectivity index is 1.32. The van der Waals surface area contributed by atoms with Gasteiger partial charge in [-0.25, -0.2) is 0 Å². The molecule has 1 aliphatic heterocycles. The molecule has 6 aromatic rings. The Labute approximate surface area is 371 Å². The standard InChI is InChI=1S/2C23H27.C12H9Si.Zr/c2*1-5-6-10-17-15-18-11-9-13-19(21(18)16-17)20-12-7-8-14-22(20)23(2,3)4;1-3-7-11-9(5-1)10-6-2-4-8-12(10)13-11;/h2*7-9,11-16H,5-6,10H2,1-4H3;1-7H,13H2;. The third kappa shape index (κ3) is 7.39. The van der Waals surface area contributed by atoms with Crippen LogP contribution in [0, 0.1) is 0 Å². The summed E-state index contributed by atoms with van der Waals surface area (Å²) in [5.74, 6) is 0. The molecular formula is C58H63SiZr. The zero-order valence-electron chi connectivity index (χ0n) is 37.4. The molecule has 60 heavy (non-hydrogen) atoms. The Kier molecular flexibility index (Phi) is 11.4. The van der Waals surface area contributed by atoms with E-state index < -0.39 is 31.3 Å². The zero-order valence-corrected chi connectivity index (χ0v) is 41.3. The average molecular weight is 879 g/mol. The van der Waals surface area contributed by atoms with Crippen LogP contribution in [0.15, 0.2) is 139 Å². The quantitative estimate of drug-likeness (QED) is 0.114. The van der Waals surface area contributed by atoms with E-state index in [0.29, 0.717) is 7.25 Å². The first-order valence-electron chi connectivity index (χ1n) is 22.9. The molecule has 2 atom stereocenters. The molecule has 0 nitrogen and oxygen atoms in total. The van der Waals surface area contributed by atoms with E-state index in [1.165, 1.54) is 88.6 Å². The number of fused-ring (bicyclic) bond motifs is 5. The van der Waals surface area contributed by atoms with Crippen LogP contribution in [0.5, 0.6) is 0 Å². The summed E-state index contributed by atoms with van der Waals surface area (Å²) in [5.41, 5.74) is 21.3. The summed E-state index contributed by atoms with van der Waals surface area (Å²) in [5, 5.41) is 3.40. The third-order valence-electron chi connectivity index (χ3n) is 13.8. The molecule has 0 fully saturated rings. The van der Waals surface area contributed by atoms with Crippen LogP contribution in [0.25, 0.3) is 45.5 Å². The fourth-order valence-electron chi connectivity index (χ4n) is 11.0. The van der Waals surface area contributed by atoms with Crippen LogP contribution >= 0.6 is 0 Å². The normalized spacial score (nSPS) is 16.9. The maximum atomic E-state index is 2.72. The second kappa shape index (κ2) is 16.6. The van der Waals surface area contributed by atoms with E-state index in [9.17, 15) is 0 Å². The zero-order chi connectivity index (χ0) is 41.8. The molecule has 0 bridgehead atoms. The van der Waals surface area contributed by atoms with E-state index in [0.717, 1.165) is 0 Å². The fourth-order valence-corrected chi connectivity index (χ4v) is 25.0. The van der Waals surface area contributed by atoms with Crippen LogP contribution in [0.4, 0.5) is 0 Å². The summed E-state index contributed by atoms with van der Waals surface area (Å²) in [4.78, 5) is 0. The minimum atomic E-state index is -2.91. The molecule has 0 aromatic heterocycles. The van der Waals surface area contributed by atoms with Crippen molar-refractivity contribution in [2.45, 2.75) is 112 Å². The van der Waals surface area contributed by atoms with Crippen molar-refractivity contribution in [3.8, 4) is 33.4 Å². The monoisotopic (exact) mass is 877 g/mol. The Morgan fingerprint density at radius 3 is 1.40 bits per heavy atom. The second-order valence-electron chi connectivity index (χ2n) is 19.8. The van der Waals surface area contributed by atoms with E-state index in [1.54, 1.807) is 41.5 Å². The van der Waals surface area contributed by atoms with Gasteiger partial charge in [0.05, 0.1) is 0 Å². The third-order valence-corrected chi connectivity index (χ3v) is 25.8. The molecule has 6 aromatic carbocycles.